The molecule has 0 unspecified atom stereocenters. The molecular formula is C10H14N2S. The Morgan fingerprint density at radius 2 is 2.00 bits per heavy atom. The van der Waals surface area contributed by atoms with Crippen molar-refractivity contribution in [2.75, 3.05) is 11.4 Å². The van der Waals surface area contributed by atoms with Gasteiger partial charge in [0.1, 0.15) is 0 Å². The molecule has 2 nitrogen and oxygen atoms in total. The number of rotatable bonds is 3. The second-order valence-electron chi connectivity index (χ2n) is 2.83. The predicted octanol–water partition coefficient (Wildman–Crippen LogP) is 2.15. The van der Waals surface area contributed by atoms with Gasteiger partial charge in [0.15, 0.2) is 5.11 Å². The summed E-state index contributed by atoms with van der Waals surface area (Å²) in [5.74, 6) is 0. The summed E-state index contributed by atoms with van der Waals surface area (Å²) in [7, 11) is 0. The van der Waals surface area contributed by atoms with Crippen LogP contribution in [0.25, 0.3) is 0 Å². The van der Waals surface area contributed by atoms with Crippen LogP contribution in [0.1, 0.15) is 13.3 Å². The summed E-state index contributed by atoms with van der Waals surface area (Å²) in [6.07, 6.45) is 1.03. The predicted molar refractivity (Wildman–Crippen MR) is 60.9 cm³/mol. The third-order valence-corrected chi connectivity index (χ3v) is 2.00. The summed E-state index contributed by atoms with van der Waals surface area (Å²) >= 11 is 4.97. The van der Waals surface area contributed by atoms with Gasteiger partial charge in [0.25, 0.3) is 0 Å². The Balaban J connectivity index is 2.82. The Labute approximate surface area is 84.3 Å². The minimum absolute atomic E-state index is 0.438. The van der Waals surface area contributed by atoms with Crippen molar-refractivity contribution < 1.29 is 0 Å². The summed E-state index contributed by atoms with van der Waals surface area (Å²) < 4.78 is 0. The monoisotopic (exact) mass is 194 g/mol. The van der Waals surface area contributed by atoms with Crippen LogP contribution < -0.4 is 10.6 Å². The van der Waals surface area contributed by atoms with Gasteiger partial charge in [-0.3, -0.25) is 0 Å². The molecule has 0 saturated carbocycles. The van der Waals surface area contributed by atoms with Crippen molar-refractivity contribution in [1.29, 1.82) is 0 Å². The van der Waals surface area contributed by atoms with Crippen molar-refractivity contribution in [3.8, 4) is 0 Å². The molecule has 0 heterocycles. The van der Waals surface area contributed by atoms with Gasteiger partial charge in [-0.05, 0) is 30.8 Å². The molecule has 0 aliphatic heterocycles. The van der Waals surface area contributed by atoms with Crippen LogP contribution in [0.5, 0.6) is 0 Å². The zero-order chi connectivity index (χ0) is 9.68. The van der Waals surface area contributed by atoms with Crippen molar-refractivity contribution in [1.82, 2.24) is 0 Å². The van der Waals surface area contributed by atoms with E-state index in [1.54, 1.807) is 0 Å². The summed E-state index contributed by atoms with van der Waals surface area (Å²) in [5.41, 5.74) is 6.68. The summed E-state index contributed by atoms with van der Waals surface area (Å²) in [5, 5.41) is 0.438. The topological polar surface area (TPSA) is 29.3 Å². The van der Waals surface area contributed by atoms with Crippen molar-refractivity contribution in [3.63, 3.8) is 0 Å². The zero-order valence-corrected chi connectivity index (χ0v) is 8.55. The lowest BCUT2D eigenvalue weighted by Crippen LogP contribution is -2.35. The molecule has 0 aromatic heterocycles. The van der Waals surface area contributed by atoms with Crippen LogP contribution in [0.15, 0.2) is 30.3 Å². The van der Waals surface area contributed by atoms with Gasteiger partial charge in [0.2, 0.25) is 0 Å². The molecular weight excluding hydrogens is 180 g/mol. The number of hydrogen-bond donors (Lipinski definition) is 1. The van der Waals surface area contributed by atoms with Gasteiger partial charge in [-0.1, -0.05) is 25.1 Å². The van der Waals surface area contributed by atoms with E-state index in [0.717, 1.165) is 18.7 Å². The van der Waals surface area contributed by atoms with E-state index in [0.29, 0.717) is 5.11 Å². The number of anilines is 1. The molecule has 2 N–H and O–H groups in total. The van der Waals surface area contributed by atoms with Crippen molar-refractivity contribution >= 4 is 23.0 Å². The van der Waals surface area contributed by atoms with E-state index in [1.807, 2.05) is 35.2 Å². The Morgan fingerprint density at radius 3 is 2.46 bits per heavy atom. The van der Waals surface area contributed by atoms with Crippen LogP contribution in [-0.4, -0.2) is 11.7 Å². The highest BCUT2D eigenvalue weighted by Crippen LogP contribution is 2.12. The Bertz CT molecular complexity index is 272. The number of benzene rings is 1. The van der Waals surface area contributed by atoms with Crippen LogP contribution in [0.2, 0.25) is 0 Å². The lowest BCUT2D eigenvalue weighted by molar-refractivity contribution is 0.905. The molecule has 0 saturated heterocycles. The minimum atomic E-state index is 0.438. The molecule has 3 heteroatoms. The van der Waals surface area contributed by atoms with Crippen LogP contribution in [0.3, 0.4) is 0 Å². The number of hydrogen-bond acceptors (Lipinski definition) is 1. The largest absolute Gasteiger partial charge is 0.376 e. The number of thiocarbonyl (C=S) groups is 1. The Morgan fingerprint density at radius 1 is 1.38 bits per heavy atom. The molecule has 70 valence electrons. The summed E-state index contributed by atoms with van der Waals surface area (Å²) in [6.45, 7) is 2.98. The average molecular weight is 194 g/mol. The van der Waals surface area contributed by atoms with Crippen LogP contribution in [0, 0.1) is 0 Å². The van der Waals surface area contributed by atoms with Crippen LogP contribution in [-0.2, 0) is 0 Å². The molecule has 0 bridgehead atoms. The lowest BCUT2D eigenvalue weighted by Gasteiger charge is -2.21. The lowest BCUT2D eigenvalue weighted by atomic mass is 10.3. The van der Waals surface area contributed by atoms with E-state index in [1.165, 1.54) is 0 Å². The maximum Gasteiger partial charge on any atom is 0.170 e. The molecule has 0 amide bonds. The highest BCUT2D eigenvalue weighted by atomic mass is 32.1. The highest BCUT2D eigenvalue weighted by molar-refractivity contribution is 7.80. The maximum absolute atomic E-state index is 5.61. The quantitative estimate of drug-likeness (QED) is 0.748. The van der Waals surface area contributed by atoms with E-state index in [2.05, 4.69) is 6.92 Å². The van der Waals surface area contributed by atoms with Gasteiger partial charge >= 0.3 is 0 Å². The number of nitrogens with two attached hydrogens (primary N) is 1. The SMILES string of the molecule is CCCN(C(N)=S)c1ccccc1. The van der Waals surface area contributed by atoms with E-state index in [4.69, 9.17) is 18.0 Å². The first-order valence-electron chi connectivity index (χ1n) is 4.37. The van der Waals surface area contributed by atoms with Gasteiger partial charge in [-0.15, -0.1) is 0 Å². The molecule has 0 atom stereocenters. The second-order valence-corrected chi connectivity index (χ2v) is 3.24. The molecule has 1 aromatic rings. The fraction of sp³-hybridized carbons (Fsp3) is 0.300. The second kappa shape index (κ2) is 4.82. The van der Waals surface area contributed by atoms with E-state index >= 15 is 0 Å². The van der Waals surface area contributed by atoms with Gasteiger partial charge in [-0.25, -0.2) is 0 Å². The minimum Gasteiger partial charge on any atom is -0.376 e. The first kappa shape index (κ1) is 9.99. The molecule has 1 rings (SSSR count). The standard InChI is InChI=1S/C10H14N2S/c1-2-8-12(10(11)13)9-6-4-3-5-7-9/h3-7H,2,8H2,1H3,(H2,11,13). The molecule has 0 radical (unpaired) electrons. The summed E-state index contributed by atoms with van der Waals surface area (Å²) in [4.78, 5) is 1.94. The maximum atomic E-state index is 5.61. The molecule has 0 fully saturated rings. The first-order chi connectivity index (χ1) is 6.25. The van der Waals surface area contributed by atoms with Gasteiger partial charge in [-0.2, -0.15) is 0 Å². The van der Waals surface area contributed by atoms with Crippen molar-refractivity contribution in [3.05, 3.63) is 30.3 Å². The number of para-hydroxylation sites is 1. The van der Waals surface area contributed by atoms with Crippen molar-refractivity contribution in [2.24, 2.45) is 5.73 Å². The average Bonchev–Trinajstić information content (AvgIpc) is 2.15. The fourth-order valence-corrected chi connectivity index (χ4v) is 1.39. The summed E-state index contributed by atoms with van der Waals surface area (Å²) in [6, 6.07) is 9.96. The van der Waals surface area contributed by atoms with Gasteiger partial charge in [0, 0.05) is 12.2 Å². The molecule has 1 aromatic carbocycles. The van der Waals surface area contributed by atoms with E-state index < -0.39 is 0 Å². The molecule has 0 aliphatic rings. The van der Waals surface area contributed by atoms with Gasteiger partial charge in [0.05, 0.1) is 0 Å². The number of nitrogens with zero attached hydrogens (tertiary/aromatic N) is 1. The fourth-order valence-electron chi connectivity index (χ4n) is 1.20. The van der Waals surface area contributed by atoms with Crippen molar-refractivity contribution in [2.45, 2.75) is 13.3 Å². The molecule has 13 heavy (non-hydrogen) atoms. The van der Waals surface area contributed by atoms with Crippen LogP contribution in [0.4, 0.5) is 5.69 Å². The Kier molecular flexibility index (Phi) is 3.71. The van der Waals surface area contributed by atoms with Crippen LogP contribution >= 0.6 is 12.2 Å². The molecule has 0 aliphatic carbocycles. The zero-order valence-electron chi connectivity index (χ0n) is 7.73. The normalized spacial score (nSPS) is 9.62. The van der Waals surface area contributed by atoms with E-state index in [-0.39, 0.29) is 0 Å². The Hall–Kier alpha value is -1.09. The third kappa shape index (κ3) is 2.70. The van der Waals surface area contributed by atoms with E-state index in [9.17, 15) is 0 Å². The third-order valence-electron chi connectivity index (χ3n) is 1.78. The smallest absolute Gasteiger partial charge is 0.170 e. The first-order valence-corrected chi connectivity index (χ1v) is 4.78. The molecule has 0 spiro atoms. The highest BCUT2D eigenvalue weighted by Gasteiger charge is 2.06. The van der Waals surface area contributed by atoms with Gasteiger partial charge < -0.3 is 10.6 Å².